The number of hydrogen-bond acceptors (Lipinski definition) is 3. The van der Waals surface area contributed by atoms with Crippen molar-refractivity contribution in [3.8, 4) is 0 Å². The van der Waals surface area contributed by atoms with Crippen molar-refractivity contribution in [3.63, 3.8) is 0 Å². The molecule has 0 spiro atoms. The number of carbonyl (C=O) groups is 1. The molecule has 0 saturated carbocycles. The predicted octanol–water partition coefficient (Wildman–Crippen LogP) is 3.37. The molecule has 0 amide bonds. The fraction of sp³-hybridized carbons (Fsp3) is 0.333. The van der Waals surface area contributed by atoms with Gasteiger partial charge in [-0.05, 0) is 34.5 Å². The minimum absolute atomic E-state index is 0.187. The second-order valence-corrected chi connectivity index (χ2v) is 6.32. The van der Waals surface area contributed by atoms with Crippen LogP contribution in [-0.2, 0) is 13.5 Å². The van der Waals surface area contributed by atoms with Gasteiger partial charge in [-0.2, -0.15) is 0 Å². The molecule has 17 heavy (non-hydrogen) atoms. The van der Waals surface area contributed by atoms with Crippen LogP contribution >= 0.6 is 27.3 Å². The summed E-state index contributed by atoms with van der Waals surface area (Å²) in [5.41, 5.74) is 1.12. The summed E-state index contributed by atoms with van der Waals surface area (Å²) in [5, 5.41) is 0. The number of imidazole rings is 1. The van der Waals surface area contributed by atoms with Crippen molar-refractivity contribution in [3.05, 3.63) is 38.5 Å². The third-order valence-electron chi connectivity index (χ3n) is 2.63. The molecule has 0 aliphatic heterocycles. The molecule has 0 aromatic carbocycles. The van der Waals surface area contributed by atoms with Gasteiger partial charge in [0.25, 0.3) is 0 Å². The zero-order valence-corrected chi connectivity index (χ0v) is 12.1. The second-order valence-electron chi connectivity index (χ2n) is 3.94. The molecular formula is C12H13BrN2OS. The smallest absolute Gasteiger partial charge is 0.173 e. The Labute approximate surface area is 113 Å². The van der Waals surface area contributed by atoms with E-state index in [1.165, 1.54) is 11.3 Å². The van der Waals surface area contributed by atoms with Crippen molar-refractivity contribution in [1.82, 2.24) is 9.55 Å². The van der Waals surface area contributed by atoms with Crippen molar-refractivity contribution in [2.45, 2.75) is 19.8 Å². The lowest BCUT2D eigenvalue weighted by Gasteiger charge is -2.00. The number of halogens is 1. The molecule has 0 N–H and O–H groups in total. The van der Waals surface area contributed by atoms with Crippen LogP contribution in [0.4, 0.5) is 0 Å². The number of nitrogens with zero attached hydrogens (tertiary/aromatic N) is 2. The molecule has 0 saturated heterocycles. The lowest BCUT2D eigenvalue weighted by atomic mass is 10.2. The normalized spacial score (nSPS) is 10.8. The van der Waals surface area contributed by atoms with Crippen LogP contribution in [-0.4, -0.2) is 15.3 Å². The van der Waals surface area contributed by atoms with Gasteiger partial charge in [-0.3, -0.25) is 4.79 Å². The zero-order chi connectivity index (χ0) is 12.4. The number of carbonyl (C=O) groups excluding carboxylic acids is 1. The predicted molar refractivity (Wildman–Crippen MR) is 72.6 cm³/mol. The number of Topliss-reactive ketones (excluding diaryl/α,β-unsaturated/α-hetero) is 1. The fourth-order valence-corrected chi connectivity index (χ4v) is 3.09. The van der Waals surface area contributed by atoms with Crippen molar-refractivity contribution in [2.24, 2.45) is 7.05 Å². The number of thiophene rings is 1. The maximum absolute atomic E-state index is 12.0. The van der Waals surface area contributed by atoms with Crippen LogP contribution in [0.2, 0.25) is 0 Å². The van der Waals surface area contributed by atoms with Gasteiger partial charge in [0.1, 0.15) is 5.82 Å². The van der Waals surface area contributed by atoms with Crippen LogP contribution < -0.4 is 0 Å². The first kappa shape index (κ1) is 12.5. The Balaban J connectivity index is 2.00. The molecule has 2 heterocycles. The van der Waals surface area contributed by atoms with Crippen molar-refractivity contribution in [1.29, 1.82) is 0 Å². The molecule has 3 nitrogen and oxygen atoms in total. The van der Waals surface area contributed by atoms with Crippen LogP contribution in [0, 0.1) is 6.92 Å². The first-order valence-electron chi connectivity index (χ1n) is 5.33. The highest BCUT2D eigenvalue weighted by Gasteiger charge is 2.12. The van der Waals surface area contributed by atoms with E-state index >= 15 is 0 Å². The Kier molecular flexibility index (Phi) is 3.79. The van der Waals surface area contributed by atoms with E-state index in [1.54, 1.807) is 6.20 Å². The van der Waals surface area contributed by atoms with Crippen LogP contribution in [0.15, 0.2) is 22.2 Å². The average molecular weight is 313 g/mol. The van der Waals surface area contributed by atoms with E-state index in [0.29, 0.717) is 12.8 Å². The zero-order valence-electron chi connectivity index (χ0n) is 9.74. The van der Waals surface area contributed by atoms with Gasteiger partial charge in [-0.1, -0.05) is 0 Å². The lowest BCUT2D eigenvalue weighted by molar-refractivity contribution is 0.0986. The Bertz CT molecular complexity index is 525. The molecule has 0 aliphatic rings. The van der Waals surface area contributed by atoms with E-state index in [-0.39, 0.29) is 5.78 Å². The first-order chi connectivity index (χ1) is 8.08. The minimum Gasteiger partial charge on any atom is -0.338 e. The number of aromatic nitrogens is 2. The maximum atomic E-state index is 12.0. The summed E-state index contributed by atoms with van der Waals surface area (Å²) in [6.45, 7) is 2.00. The van der Waals surface area contributed by atoms with Crippen molar-refractivity contribution >= 4 is 33.0 Å². The Morgan fingerprint density at radius 3 is 2.88 bits per heavy atom. The quantitative estimate of drug-likeness (QED) is 0.811. The summed E-state index contributed by atoms with van der Waals surface area (Å²) in [5.74, 6) is 1.14. The van der Waals surface area contributed by atoms with E-state index in [4.69, 9.17) is 0 Å². The Hall–Kier alpha value is -0.940. The molecule has 2 aromatic heterocycles. The van der Waals surface area contributed by atoms with E-state index in [9.17, 15) is 4.79 Å². The van der Waals surface area contributed by atoms with Crippen molar-refractivity contribution in [2.75, 3.05) is 0 Å². The van der Waals surface area contributed by atoms with Gasteiger partial charge in [0.2, 0.25) is 0 Å². The third-order valence-corrected chi connectivity index (χ3v) is 4.81. The number of hydrogen-bond donors (Lipinski definition) is 0. The molecule has 2 aromatic rings. The molecule has 0 bridgehead atoms. The van der Waals surface area contributed by atoms with Crippen molar-refractivity contribution < 1.29 is 4.79 Å². The summed E-state index contributed by atoms with van der Waals surface area (Å²) in [6, 6.07) is 1.94. The molecule has 0 fully saturated rings. The van der Waals surface area contributed by atoms with Gasteiger partial charge in [-0.15, -0.1) is 11.3 Å². The molecule has 0 radical (unpaired) electrons. The monoisotopic (exact) mass is 312 g/mol. The number of rotatable bonds is 4. The third kappa shape index (κ3) is 2.84. The molecule has 0 aliphatic carbocycles. The van der Waals surface area contributed by atoms with Gasteiger partial charge in [0, 0.05) is 32.3 Å². The highest BCUT2D eigenvalue weighted by Crippen LogP contribution is 2.28. The van der Waals surface area contributed by atoms with Crippen LogP contribution in [0.1, 0.15) is 27.5 Å². The molecule has 5 heteroatoms. The number of ketones is 1. The molecule has 0 unspecified atom stereocenters. The van der Waals surface area contributed by atoms with Gasteiger partial charge >= 0.3 is 0 Å². The maximum Gasteiger partial charge on any atom is 0.173 e. The summed E-state index contributed by atoms with van der Waals surface area (Å²) < 4.78 is 2.99. The summed E-state index contributed by atoms with van der Waals surface area (Å²) in [6.07, 6.45) is 4.85. The molecular weight excluding hydrogens is 300 g/mol. The number of aryl methyl sites for hydroxylation is 3. The van der Waals surface area contributed by atoms with Gasteiger partial charge in [-0.25, -0.2) is 4.98 Å². The Morgan fingerprint density at radius 2 is 2.35 bits per heavy atom. The average Bonchev–Trinajstić information content (AvgIpc) is 2.83. The topological polar surface area (TPSA) is 34.9 Å². The molecule has 0 atom stereocenters. The van der Waals surface area contributed by atoms with E-state index in [2.05, 4.69) is 20.9 Å². The van der Waals surface area contributed by atoms with Gasteiger partial charge in [0.15, 0.2) is 5.78 Å². The summed E-state index contributed by atoms with van der Waals surface area (Å²) in [4.78, 5) is 17.0. The van der Waals surface area contributed by atoms with E-state index in [0.717, 1.165) is 20.1 Å². The standard InChI is InChI=1S/C12H13BrN2OS/c1-8-7-10(17-12(8)13)9(16)3-4-11-14-5-6-15(11)2/h5-7H,3-4H2,1-2H3. The lowest BCUT2D eigenvalue weighted by Crippen LogP contribution is -2.03. The SMILES string of the molecule is Cc1cc(C(=O)CCc2nccn2C)sc1Br. The minimum atomic E-state index is 0.187. The van der Waals surface area contributed by atoms with Crippen LogP contribution in [0.25, 0.3) is 0 Å². The van der Waals surface area contributed by atoms with Crippen LogP contribution in [0.3, 0.4) is 0 Å². The second kappa shape index (κ2) is 5.14. The van der Waals surface area contributed by atoms with Gasteiger partial charge < -0.3 is 4.57 Å². The van der Waals surface area contributed by atoms with E-state index in [1.807, 2.05) is 30.8 Å². The Morgan fingerprint density at radius 1 is 1.59 bits per heavy atom. The first-order valence-corrected chi connectivity index (χ1v) is 6.94. The highest BCUT2D eigenvalue weighted by atomic mass is 79.9. The summed E-state index contributed by atoms with van der Waals surface area (Å²) in [7, 11) is 1.94. The van der Waals surface area contributed by atoms with Crippen LogP contribution in [0.5, 0.6) is 0 Å². The van der Waals surface area contributed by atoms with Gasteiger partial charge in [0.05, 0.1) is 8.66 Å². The largest absolute Gasteiger partial charge is 0.338 e. The highest BCUT2D eigenvalue weighted by molar-refractivity contribution is 9.11. The summed E-state index contributed by atoms with van der Waals surface area (Å²) >= 11 is 4.94. The fourth-order valence-electron chi connectivity index (χ4n) is 1.58. The molecule has 2 rings (SSSR count). The van der Waals surface area contributed by atoms with E-state index < -0.39 is 0 Å². The molecule has 90 valence electrons.